The first-order chi connectivity index (χ1) is 13.8. The summed E-state index contributed by atoms with van der Waals surface area (Å²) in [7, 11) is 1.69. The fourth-order valence-electron chi connectivity index (χ4n) is 3.86. The summed E-state index contributed by atoms with van der Waals surface area (Å²) in [4.78, 5) is 17.7. The average Bonchev–Trinajstić information content (AvgIpc) is 3.52. The van der Waals surface area contributed by atoms with Crippen LogP contribution in [0.15, 0.2) is 36.8 Å². The van der Waals surface area contributed by atoms with Crippen LogP contribution in [0.25, 0.3) is 21.8 Å². The Morgan fingerprint density at radius 3 is 2.54 bits per heavy atom. The minimum Gasteiger partial charge on any atom is -0.497 e. The fraction of sp³-hybridized carbons (Fsp3) is 0.409. The molecule has 0 unspecified atom stereocenters. The van der Waals surface area contributed by atoms with Gasteiger partial charge in [0.05, 0.1) is 23.4 Å². The zero-order valence-corrected chi connectivity index (χ0v) is 16.9. The van der Waals surface area contributed by atoms with Crippen molar-refractivity contribution in [3.8, 4) is 27.6 Å². The van der Waals surface area contributed by atoms with Gasteiger partial charge in [0.1, 0.15) is 12.1 Å². The van der Waals surface area contributed by atoms with Gasteiger partial charge in [-0.2, -0.15) is 0 Å². The third-order valence-corrected chi connectivity index (χ3v) is 6.70. The molecule has 0 bridgehead atoms. The number of anilines is 1. The van der Waals surface area contributed by atoms with Gasteiger partial charge in [-0.3, -0.25) is 0 Å². The van der Waals surface area contributed by atoms with Crippen molar-refractivity contribution in [2.75, 3.05) is 25.1 Å². The molecule has 0 spiro atoms. The van der Waals surface area contributed by atoms with Crippen molar-refractivity contribution in [3.63, 3.8) is 0 Å². The predicted octanol–water partition coefficient (Wildman–Crippen LogP) is 5.14. The van der Waals surface area contributed by atoms with Crippen molar-refractivity contribution in [3.05, 3.63) is 42.4 Å². The van der Waals surface area contributed by atoms with E-state index in [0.29, 0.717) is 5.92 Å². The molecule has 1 saturated carbocycles. The van der Waals surface area contributed by atoms with Gasteiger partial charge in [-0.25, -0.2) is 15.0 Å². The summed E-state index contributed by atoms with van der Waals surface area (Å²) in [6, 6.07) is 8.19. The summed E-state index contributed by atoms with van der Waals surface area (Å²) < 4.78 is 5.33. The molecule has 5 nitrogen and oxygen atoms in total. The number of benzene rings is 1. The van der Waals surface area contributed by atoms with E-state index in [-0.39, 0.29) is 0 Å². The Morgan fingerprint density at radius 1 is 1.04 bits per heavy atom. The maximum atomic E-state index is 5.33. The van der Waals surface area contributed by atoms with E-state index in [4.69, 9.17) is 14.7 Å². The van der Waals surface area contributed by atoms with Gasteiger partial charge in [0.15, 0.2) is 5.13 Å². The molecule has 2 fully saturated rings. The highest BCUT2D eigenvalue weighted by molar-refractivity contribution is 7.19. The number of nitrogens with zero attached hydrogens (tertiary/aromatic N) is 4. The molecule has 3 aromatic rings. The number of piperidine rings is 1. The molecule has 3 heterocycles. The van der Waals surface area contributed by atoms with Gasteiger partial charge in [-0.1, -0.05) is 11.3 Å². The molecule has 0 amide bonds. The highest BCUT2D eigenvalue weighted by Gasteiger charge is 2.30. The summed E-state index contributed by atoms with van der Waals surface area (Å²) in [5, 5.41) is 1.11. The first kappa shape index (κ1) is 17.6. The van der Waals surface area contributed by atoms with Crippen LogP contribution in [-0.4, -0.2) is 35.2 Å². The smallest absolute Gasteiger partial charge is 0.186 e. The first-order valence-corrected chi connectivity index (χ1v) is 10.9. The lowest BCUT2D eigenvalue weighted by Gasteiger charge is -2.25. The molecule has 6 heteroatoms. The molecule has 5 rings (SSSR count). The molecule has 28 heavy (non-hydrogen) atoms. The first-order valence-electron chi connectivity index (χ1n) is 10.0. The minimum atomic E-state index is 0.598. The van der Waals surface area contributed by atoms with E-state index < -0.39 is 0 Å². The normalized spacial score (nSPS) is 17.0. The molecule has 1 saturated heterocycles. The number of hydrogen-bond acceptors (Lipinski definition) is 6. The monoisotopic (exact) mass is 392 g/mol. The molecule has 1 aliphatic heterocycles. The van der Waals surface area contributed by atoms with Crippen molar-refractivity contribution < 1.29 is 4.74 Å². The Balaban J connectivity index is 1.62. The maximum Gasteiger partial charge on any atom is 0.186 e. The van der Waals surface area contributed by atoms with Crippen LogP contribution in [0.2, 0.25) is 0 Å². The van der Waals surface area contributed by atoms with E-state index >= 15 is 0 Å². The second-order valence-corrected chi connectivity index (χ2v) is 8.53. The van der Waals surface area contributed by atoms with Crippen molar-refractivity contribution in [1.29, 1.82) is 0 Å². The van der Waals surface area contributed by atoms with Crippen LogP contribution < -0.4 is 9.64 Å². The van der Waals surface area contributed by atoms with Crippen molar-refractivity contribution in [1.82, 2.24) is 15.0 Å². The quantitative estimate of drug-likeness (QED) is 0.601. The number of methoxy groups -OCH3 is 1. The van der Waals surface area contributed by atoms with Crippen LogP contribution in [0.1, 0.15) is 43.6 Å². The molecule has 1 aliphatic carbocycles. The Labute approximate surface area is 169 Å². The molecule has 0 atom stereocenters. The molecule has 0 N–H and O–H groups in total. The highest BCUT2D eigenvalue weighted by Crippen LogP contribution is 2.47. The Bertz CT molecular complexity index is 959. The SMILES string of the molecule is COc1ccc(-c2nc(N3CCCCC3)sc2-c2ncncc2C2CC2)cc1. The molecule has 1 aromatic carbocycles. The summed E-state index contributed by atoms with van der Waals surface area (Å²) in [5.41, 5.74) is 4.46. The molecular formula is C22H24N4OS. The Morgan fingerprint density at radius 2 is 1.82 bits per heavy atom. The zero-order chi connectivity index (χ0) is 18.9. The third-order valence-electron chi connectivity index (χ3n) is 5.58. The molecular weight excluding hydrogens is 368 g/mol. The number of thiazole rings is 1. The van der Waals surface area contributed by atoms with Crippen molar-refractivity contribution in [2.24, 2.45) is 0 Å². The number of ether oxygens (including phenoxy) is 1. The number of hydrogen-bond donors (Lipinski definition) is 0. The van der Waals surface area contributed by atoms with E-state index in [9.17, 15) is 0 Å². The van der Waals surface area contributed by atoms with Gasteiger partial charge in [0.2, 0.25) is 0 Å². The lowest BCUT2D eigenvalue weighted by atomic mass is 10.1. The van der Waals surface area contributed by atoms with Gasteiger partial charge in [-0.15, -0.1) is 0 Å². The molecule has 2 aliphatic rings. The zero-order valence-electron chi connectivity index (χ0n) is 16.1. The largest absolute Gasteiger partial charge is 0.497 e. The Kier molecular flexibility index (Phi) is 4.72. The highest BCUT2D eigenvalue weighted by atomic mass is 32.1. The average molecular weight is 393 g/mol. The van der Waals surface area contributed by atoms with E-state index in [1.54, 1.807) is 24.8 Å². The summed E-state index contributed by atoms with van der Waals surface area (Å²) >= 11 is 1.78. The van der Waals surface area contributed by atoms with Gasteiger partial charge in [-0.05, 0) is 62.3 Å². The third kappa shape index (κ3) is 3.37. The van der Waals surface area contributed by atoms with Gasteiger partial charge >= 0.3 is 0 Å². The number of rotatable bonds is 5. The second kappa shape index (κ2) is 7.51. The van der Waals surface area contributed by atoms with Crippen molar-refractivity contribution in [2.45, 2.75) is 38.0 Å². The van der Waals surface area contributed by atoms with Gasteiger partial charge in [0, 0.05) is 30.4 Å². The van der Waals surface area contributed by atoms with E-state index in [1.807, 2.05) is 18.3 Å². The predicted molar refractivity (Wildman–Crippen MR) is 113 cm³/mol. The molecule has 0 radical (unpaired) electrons. The van der Waals surface area contributed by atoms with Gasteiger partial charge in [0.25, 0.3) is 0 Å². The lowest BCUT2D eigenvalue weighted by molar-refractivity contribution is 0.415. The summed E-state index contributed by atoms with van der Waals surface area (Å²) in [5.74, 6) is 1.46. The number of aromatic nitrogens is 3. The van der Waals surface area contributed by atoms with Crippen LogP contribution in [-0.2, 0) is 0 Å². The van der Waals surface area contributed by atoms with Crippen LogP contribution in [0.4, 0.5) is 5.13 Å². The summed E-state index contributed by atoms with van der Waals surface area (Å²) in [6.07, 6.45) is 9.93. The van der Waals surface area contributed by atoms with E-state index in [0.717, 1.165) is 45.8 Å². The fourth-order valence-corrected chi connectivity index (χ4v) is 5.02. The van der Waals surface area contributed by atoms with Crippen LogP contribution >= 0.6 is 11.3 Å². The standard InChI is InChI=1S/C22H24N4OS/c1-27-17-9-7-16(8-10-17)19-21(20-18(15-5-6-15)13-23-14-24-20)28-22(25-19)26-11-3-2-4-12-26/h7-10,13-15H,2-6,11-12H2,1H3. The maximum absolute atomic E-state index is 5.33. The van der Waals surface area contributed by atoms with E-state index in [2.05, 4.69) is 22.0 Å². The molecule has 144 valence electrons. The Hall–Kier alpha value is -2.47. The minimum absolute atomic E-state index is 0.598. The van der Waals surface area contributed by atoms with Crippen molar-refractivity contribution >= 4 is 16.5 Å². The topological polar surface area (TPSA) is 51.1 Å². The van der Waals surface area contributed by atoms with Crippen LogP contribution in [0.5, 0.6) is 5.75 Å². The lowest BCUT2D eigenvalue weighted by Crippen LogP contribution is -2.29. The van der Waals surface area contributed by atoms with E-state index in [1.165, 1.54) is 37.7 Å². The van der Waals surface area contributed by atoms with Crippen LogP contribution in [0.3, 0.4) is 0 Å². The van der Waals surface area contributed by atoms with Gasteiger partial charge < -0.3 is 9.64 Å². The molecule has 2 aromatic heterocycles. The van der Waals surface area contributed by atoms with Crippen LogP contribution in [0, 0.1) is 0 Å². The second-order valence-electron chi connectivity index (χ2n) is 7.55. The summed E-state index contributed by atoms with van der Waals surface area (Å²) in [6.45, 7) is 2.18.